The van der Waals surface area contributed by atoms with E-state index in [1.54, 1.807) is 0 Å². The van der Waals surface area contributed by atoms with Crippen molar-refractivity contribution >= 4 is 15.5 Å². The lowest BCUT2D eigenvalue weighted by atomic mass is 10.1. The van der Waals surface area contributed by atoms with Gasteiger partial charge in [0.1, 0.15) is 9.84 Å². The summed E-state index contributed by atoms with van der Waals surface area (Å²) in [5, 5.41) is 2.77. The number of hydrogen-bond acceptors (Lipinski definition) is 4. The van der Waals surface area contributed by atoms with Gasteiger partial charge < -0.3 is 5.32 Å². The second-order valence-electron chi connectivity index (χ2n) is 4.49. The molecular formula is C11H13F3N2O2S. The van der Waals surface area contributed by atoms with Gasteiger partial charge in [0.15, 0.2) is 0 Å². The number of nitrogens with one attached hydrogen (secondary N) is 1. The van der Waals surface area contributed by atoms with Gasteiger partial charge in [-0.25, -0.2) is 8.42 Å². The zero-order valence-electron chi connectivity index (χ0n) is 9.94. The fraction of sp³-hybridized carbons (Fsp3) is 0.545. The Labute approximate surface area is 109 Å². The summed E-state index contributed by atoms with van der Waals surface area (Å²) < 4.78 is 60.8. The highest BCUT2D eigenvalue weighted by atomic mass is 32.2. The Bertz CT molecular complexity index is 543. The third-order valence-electron chi connectivity index (χ3n) is 3.04. The van der Waals surface area contributed by atoms with Crippen LogP contribution in [-0.4, -0.2) is 30.9 Å². The first-order chi connectivity index (χ1) is 8.78. The van der Waals surface area contributed by atoms with E-state index in [2.05, 4.69) is 10.3 Å². The molecule has 1 N–H and O–H groups in total. The number of nitrogens with zero attached hydrogens (tertiary/aromatic N) is 1. The third-order valence-corrected chi connectivity index (χ3v) is 4.76. The van der Waals surface area contributed by atoms with Crippen molar-refractivity contribution in [1.82, 2.24) is 4.98 Å². The number of anilines is 1. The normalized spacial score (nSPS) is 20.2. The van der Waals surface area contributed by atoms with Crippen molar-refractivity contribution in [3.63, 3.8) is 0 Å². The molecule has 0 atom stereocenters. The molecule has 2 heterocycles. The average Bonchev–Trinajstić information content (AvgIpc) is 2.31. The molecule has 1 aromatic rings. The minimum atomic E-state index is -4.47. The largest absolute Gasteiger partial charge is 0.419 e. The zero-order chi connectivity index (χ0) is 14.1. The molecule has 8 heteroatoms. The van der Waals surface area contributed by atoms with E-state index in [9.17, 15) is 21.6 Å². The first-order valence-electron chi connectivity index (χ1n) is 5.76. The number of halogens is 3. The first-order valence-corrected chi connectivity index (χ1v) is 7.58. The summed E-state index contributed by atoms with van der Waals surface area (Å²) in [5.74, 6) is 0.0220. The molecule has 1 aliphatic heterocycles. The molecule has 4 nitrogen and oxygen atoms in total. The Hall–Kier alpha value is -1.31. The summed E-state index contributed by atoms with van der Waals surface area (Å²) >= 11 is 0. The van der Waals surface area contributed by atoms with Crippen LogP contribution in [0, 0.1) is 0 Å². The predicted octanol–water partition coefficient (Wildman–Crippen LogP) is 2.09. The summed E-state index contributed by atoms with van der Waals surface area (Å²) in [7, 11) is -3.02. The lowest BCUT2D eigenvalue weighted by Gasteiger charge is -2.25. The van der Waals surface area contributed by atoms with Crippen molar-refractivity contribution in [2.45, 2.75) is 25.1 Å². The van der Waals surface area contributed by atoms with Gasteiger partial charge in [-0.3, -0.25) is 4.98 Å². The summed E-state index contributed by atoms with van der Waals surface area (Å²) in [5.41, 5.74) is -0.879. The molecular weight excluding hydrogens is 281 g/mol. The maximum absolute atomic E-state index is 12.7. The average molecular weight is 294 g/mol. The molecule has 19 heavy (non-hydrogen) atoms. The van der Waals surface area contributed by atoms with Gasteiger partial charge in [-0.2, -0.15) is 13.2 Å². The van der Waals surface area contributed by atoms with Gasteiger partial charge in [-0.15, -0.1) is 0 Å². The van der Waals surface area contributed by atoms with Gasteiger partial charge in [0, 0.05) is 24.1 Å². The zero-order valence-corrected chi connectivity index (χ0v) is 10.8. The standard InChI is InChI=1S/C11H13F3N2O2S/c12-11(13,14)9-7-15-4-1-10(9)16-8-2-5-19(17,18)6-3-8/h1,4,7-8H,2-3,5-6H2,(H,15,16). The van der Waals surface area contributed by atoms with Crippen LogP contribution < -0.4 is 5.32 Å². The van der Waals surface area contributed by atoms with Crippen molar-refractivity contribution in [3.05, 3.63) is 24.0 Å². The lowest BCUT2D eigenvalue weighted by Crippen LogP contribution is -2.32. The maximum Gasteiger partial charge on any atom is 0.419 e. The Morgan fingerprint density at radius 2 is 1.89 bits per heavy atom. The second kappa shape index (κ2) is 4.99. The Balaban J connectivity index is 2.12. The van der Waals surface area contributed by atoms with Gasteiger partial charge in [0.25, 0.3) is 0 Å². The maximum atomic E-state index is 12.7. The smallest absolute Gasteiger partial charge is 0.382 e. The number of rotatable bonds is 2. The summed E-state index contributed by atoms with van der Waals surface area (Å²) in [6.07, 6.45) is -1.79. The summed E-state index contributed by atoms with van der Waals surface area (Å²) in [6.45, 7) is 0. The summed E-state index contributed by atoms with van der Waals surface area (Å²) in [4.78, 5) is 3.47. The molecule has 0 aromatic carbocycles. The highest BCUT2D eigenvalue weighted by Crippen LogP contribution is 2.34. The van der Waals surface area contributed by atoms with Crippen molar-refractivity contribution in [1.29, 1.82) is 0 Å². The SMILES string of the molecule is O=S1(=O)CCC(Nc2ccncc2C(F)(F)F)CC1. The van der Waals surface area contributed by atoms with E-state index in [0.717, 1.165) is 6.20 Å². The van der Waals surface area contributed by atoms with Crippen molar-refractivity contribution in [2.75, 3.05) is 16.8 Å². The molecule has 1 fully saturated rings. The fourth-order valence-corrected chi connectivity index (χ4v) is 3.49. The lowest BCUT2D eigenvalue weighted by molar-refractivity contribution is -0.137. The molecule has 0 bridgehead atoms. The van der Waals surface area contributed by atoms with E-state index in [1.165, 1.54) is 12.3 Å². The van der Waals surface area contributed by atoms with Crippen LogP contribution in [0.1, 0.15) is 18.4 Å². The Morgan fingerprint density at radius 1 is 1.26 bits per heavy atom. The van der Waals surface area contributed by atoms with E-state index in [4.69, 9.17) is 0 Å². The van der Waals surface area contributed by atoms with E-state index in [1.807, 2.05) is 0 Å². The fourth-order valence-electron chi connectivity index (χ4n) is 2.00. The summed E-state index contributed by atoms with van der Waals surface area (Å²) in [6, 6.07) is 0.998. The number of sulfone groups is 1. The molecule has 0 amide bonds. The van der Waals surface area contributed by atoms with Gasteiger partial charge in [0.05, 0.1) is 17.1 Å². The number of aromatic nitrogens is 1. The number of alkyl halides is 3. The number of pyridine rings is 1. The van der Waals surface area contributed by atoms with Crippen LogP contribution in [0.5, 0.6) is 0 Å². The second-order valence-corrected chi connectivity index (χ2v) is 6.79. The molecule has 1 aliphatic rings. The van der Waals surface area contributed by atoms with Crippen LogP contribution in [0.3, 0.4) is 0 Å². The van der Waals surface area contributed by atoms with E-state index in [0.29, 0.717) is 12.8 Å². The molecule has 0 saturated carbocycles. The van der Waals surface area contributed by atoms with E-state index in [-0.39, 0.29) is 23.2 Å². The van der Waals surface area contributed by atoms with Gasteiger partial charge in [0.2, 0.25) is 0 Å². The van der Waals surface area contributed by atoms with Gasteiger partial charge >= 0.3 is 6.18 Å². The molecule has 0 radical (unpaired) electrons. The first kappa shape index (κ1) is 14.1. The quantitative estimate of drug-likeness (QED) is 0.907. The Morgan fingerprint density at radius 3 is 2.47 bits per heavy atom. The Kier molecular flexibility index (Phi) is 3.71. The molecule has 0 aliphatic carbocycles. The number of hydrogen-bond donors (Lipinski definition) is 1. The van der Waals surface area contributed by atoms with E-state index >= 15 is 0 Å². The molecule has 0 spiro atoms. The molecule has 0 unspecified atom stereocenters. The monoisotopic (exact) mass is 294 g/mol. The van der Waals surface area contributed by atoms with Crippen molar-refractivity contribution in [3.8, 4) is 0 Å². The highest BCUT2D eigenvalue weighted by molar-refractivity contribution is 7.91. The highest BCUT2D eigenvalue weighted by Gasteiger charge is 2.34. The van der Waals surface area contributed by atoms with Gasteiger partial charge in [-0.1, -0.05) is 0 Å². The minimum Gasteiger partial charge on any atom is -0.382 e. The molecule has 2 rings (SSSR count). The van der Waals surface area contributed by atoms with Crippen LogP contribution >= 0.6 is 0 Å². The van der Waals surface area contributed by atoms with Gasteiger partial charge in [-0.05, 0) is 18.9 Å². The predicted molar refractivity (Wildman–Crippen MR) is 64.5 cm³/mol. The van der Waals surface area contributed by atoms with Crippen LogP contribution in [0.4, 0.5) is 18.9 Å². The van der Waals surface area contributed by atoms with Crippen LogP contribution in [0.2, 0.25) is 0 Å². The van der Waals surface area contributed by atoms with Crippen LogP contribution in [-0.2, 0) is 16.0 Å². The minimum absolute atomic E-state index is 0.0110. The van der Waals surface area contributed by atoms with Crippen LogP contribution in [0.25, 0.3) is 0 Å². The molecule has 106 valence electrons. The third kappa shape index (κ3) is 3.59. The van der Waals surface area contributed by atoms with E-state index < -0.39 is 21.6 Å². The molecule has 1 aromatic heterocycles. The van der Waals surface area contributed by atoms with Crippen LogP contribution in [0.15, 0.2) is 18.5 Å². The molecule has 1 saturated heterocycles. The van der Waals surface area contributed by atoms with Crippen molar-refractivity contribution in [2.24, 2.45) is 0 Å². The van der Waals surface area contributed by atoms with Crippen molar-refractivity contribution < 1.29 is 21.6 Å². The topological polar surface area (TPSA) is 59.1 Å².